The Balaban J connectivity index is 2.23. The third kappa shape index (κ3) is 2.01. The largest absolute Gasteiger partial charge is 0.310 e. The molecule has 5 nitrogen and oxygen atoms in total. The van der Waals surface area contributed by atoms with E-state index in [-0.39, 0.29) is 23.8 Å². The predicted molar refractivity (Wildman–Crippen MR) is 75.9 cm³/mol. The van der Waals surface area contributed by atoms with Crippen molar-refractivity contribution in [1.82, 2.24) is 9.97 Å². The highest BCUT2D eigenvalue weighted by atomic mass is 16.2. The number of carbonyl (C=O) groups is 1. The Morgan fingerprint density at radius 1 is 1.20 bits per heavy atom. The number of amides is 1. The SMILES string of the molecule is Cc1nc2c(c(=O)[nH]1)[C@H](c1ccccc1C)CC(=O)N2. The molecule has 1 aliphatic rings. The molecule has 1 amide bonds. The van der Waals surface area contributed by atoms with Crippen molar-refractivity contribution in [3.63, 3.8) is 0 Å². The van der Waals surface area contributed by atoms with E-state index in [1.54, 1.807) is 6.92 Å². The molecule has 0 fully saturated rings. The fraction of sp³-hybridized carbons (Fsp3) is 0.267. The van der Waals surface area contributed by atoms with Crippen LogP contribution in [0.2, 0.25) is 0 Å². The summed E-state index contributed by atoms with van der Waals surface area (Å²) in [6, 6.07) is 7.81. The van der Waals surface area contributed by atoms with Crippen LogP contribution in [0, 0.1) is 13.8 Å². The average molecular weight is 269 g/mol. The highest BCUT2D eigenvalue weighted by Crippen LogP contribution is 2.34. The number of anilines is 1. The van der Waals surface area contributed by atoms with Crippen LogP contribution in [0.3, 0.4) is 0 Å². The van der Waals surface area contributed by atoms with Crippen molar-refractivity contribution in [2.45, 2.75) is 26.2 Å². The summed E-state index contributed by atoms with van der Waals surface area (Å²) in [7, 11) is 0. The van der Waals surface area contributed by atoms with E-state index in [0.29, 0.717) is 17.2 Å². The highest BCUT2D eigenvalue weighted by Gasteiger charge is 2.31. The van der Waals surface area contributed by atoms with Crippen LogP contribution in [-0.2, 0) is 4.79 Å². The van der Waals surface area contributed by atoms with Crippen LogP contribution in [0.1, 0.15) is 34.9 Å². The number of H-pyrrole nitrogens is 1. The molecule has 5 heteroatoms. The van der Waals surface area contributed by atoms with Gasteiger partial charge >= 0.3 is 0 Å². The monoisotopic (exact) mass is 269 g/mol. The van der Waals surface area contributed by atoms with Crippen molar-refractivity contribution in [3.05, 3.63) is 57.1 Å². The van der Waals surface area contributed by atoms with Gasteiger partial charge in [-0.1, -0.05) is 24.3 Å². The van der Waals surface area contributed by atoms with E-state index in [2.05, 4.69) is 15.3 Å². The van der Waals surface area contributed by atoms with Crippen molar-refractivity contribution in [3.8, 4) is 0 Å². The number of benzene rings is 1. The van der Waals surface area contributed by atoms with E-state index < -0.39 is 0 Å². The number of rotatable bonds is 1. The number of aromatic nitrogens is 2. The van der Waals surface area contributed by atoms with Crippen LogP contribution in [-0.4, -0.2) is 15.9 Å². The maximum absolute atomic E-state index is 12.2. The van der Waals surface area contributed by atoms with Crippen LogP contribution in [0.4, 0.5) is 5.82 Å². The second-order valence-corrected chi connectivity index (χ2v) is 5.08. The molecule has 20 heavy (non-hydrogen) atoms. The second kappa shape index (κ2) is 4.59. The fourth-order valence-corrected chi connectivity index (χ4v) is 2.73. The van der Waals surface area contributed by atoms with Crippen molar-refractivity contribution < 1.29 is 4.79 Å². The van der Waals surface area contributed by atoms with Crippen LogP contribution < -0.4 is 10.9 Å². The Labute approximate surface area is 116 Å². The first kappa shape index (κ1) is 12.6. The summed E-state index contributed by atoms with van der Waals surface area (Å²) in [5, 5.41) is 2.69. The van der Waals surface area contributed by atoms with E-state index in [9.17, 15) is 9.59 Å². The summed E-state index contributed by atoms with van der Waals surface area (Å²) >= 11 is 0. The van der Waals surface area contributed by atoms with E-state index in [1.165, 1.54) is 0 Å². The summed E-state index contributed by atoms with van der Waals surface area (Å²) in [5.74, 6) is 0.537. The summed E-state index contributed by atoms with van der Waals surface area (Å²) in [6.45, 7) is 3.68. The highest BCUT2D eigenvalue weighted by molar-refractivity contribution is 5.94. The lowest BCUT2D eigenvalue weighted by atomic mass is 9.84. The quantitative estimate of drug-likeness (QED) is 0.829. The number of carbonyl (C=O) groups excluding carboxylic acids is 1. The first-order valence-corrected chi connectivity index (χ1v) is 6.52. The first-order chi connectivity index (χ1) is 9.56. The van der Waals surface area contributed by atoms with Gasteiger partial charge in [0.05, 0.1) is 5.56 Å². The molecular weight excluding hydrogens is 254 g/mol. The Hall–Kier alpha value is -2.43. The van der Waals surface area contributed by atoms with Gasteiger partial charge in [0.2, 0.25) is 5.91 Å². The Morgan fingerprint density at radius 3 is 2.70 bits per heavy atom. The van der Waals surface area contributed by atoms with Crippen molar-refractivity contribution in [2.75, 3.05) is 5.32 Å². The standard InChI is InChI=1S/C15H15N3O2/c1-8-5-3-4-6-10(8)11-7-12(19)18-14-13(11)15(20)17-9(2)16-14/h3-6,11H,7H2,1-2H3,(H2,16,17,18,19,20)/t11-/m0/s1. The molecule has 0 bridgehead atoms. The molecule has 3 rings (SSSR count). The zero-order chi connectivity index (χ0) is 14.3. The van der Waals surface area contributed by atoms with Gasteiger partial charge in [0.15, 0.2) is 0 Å². The van der Waals surface area contributed by atoms with Gasteiger partial charge in [-0.25, -0.2) is 4.98 Å². The number of fused-ring (bicyclic) bond motifs is 1. The number of aromatic amines is 1. The fourth-order valence-electron chi connectivity index (χ4n) is 2.73. The molecule has 1 atom stereocenters. The Morgan fingerprint density at radius 2 is 1.95 bits per heavy atom. The van der Waals surface area contributed by atoms with E-state index in [4.69, 9.17) is 0 Å². The number of nitrogens with zero attached hydrogens (tertiary/aromatic N) is 1. The smallest absolute Gasteiger partial charge is 0.256 e. The van der Waals surface area contributed by atoms with Crippen LogP contribution in [0.5, 0.6) is 0 Å². The number of hydrogen-bond acceptors (Lipinski definition) is 3. The Bertz CT molecular complexity index is 749. The Kier molecular flexibility index (Phi) is 2.89. The summed E-state index contributed by atoms with van der Waals surface area (Å²) in [5.41, 5.74) is 2.43. The normalized spacial score (nSPS) is 17.5. The van der Waals surface area contributed by atoms with Gasteiger partial charge in [-0.3, -0.25) is 9.59 Å². The second-order valence-electron chi connectivity index (χ2n) is 5.08. The minimum absolute atomic E-state index is 0.108. The number of hydrogen-bond donors (Lipinski definition) is 2. The molecule has 0 unspecified atom stereocenters. The molecule has 0 saturated heterocycles. The topological polar surface area (TPSA) is 74.8 Å². The van der Waals surface area contributed by atoms with Gasteiger partial charge in [-0.05, 0) is 25.0 Å². The van der Waals surface area contributed by atoms with Gasteiger partial charge in [-0.15, -0.1) is 0 Å². The minimum atomic E-state index is -0.239. The predicted octanol–water partition coefficient (Wildman–Crippen LogP) is 1.86. The van der Waals surface area contributed by atoms with E-state index in [1.807, 2.05) is 31.2 Å². The molecule has 2 heterocycles. The summed E-state index contributed by atoms with van der Waals surface area (Å²) in [6.07, 6.45) is 0.270. The molecule has 0 saturated carbocycles. The maximum Gasteiger partial charge on any atom is 0.256 e. The lowest BCUT2D eigenvalue weighted by molar-refractivity contribution is -0.116. The summed E-state index contributed by atoms with van der Waals surface area (Å²) < 4.78 is 0. The third-order valence-corrected chi connectivity index (χ3v) is 3.63. The van der Waals surface area contributed by atoms with E-state index in [0.717, 1.165) is 11.1 Å². The average Bonchev–Trinajstić information content (AvgIpc) is 2.37. The zero-order valence-corrected chi connectivity index (χ0v) is 11.4. The van der Waals surface area contributed by atoms with Gasteiger partial charge in [-0.2, -0.15) is 0 Å². The number of nitrogens with one attached hydrogen (secondary N) is 2. The zero-order valence-electron chi connectivity index (χ0n) is 11.4. The molecule has 2 aromatic rings. The van der Waals surface area contributed by atoms with Crippen molar-refractivity contribution in [1.29, 1.82) is 0 Å². The van der Waals surface area contributed by atoms with Gasteiger partial charge in [0.1, 0.15) is 11.6 Å². The van der Waals surface area contributed by atoms with Crippen LogP contribution >= 0.6 is 0 Å². The molecule has 0 spiro atoms. The molecule has 0 radical (unpaired) electrons. The third-order valence-electron chi connectivity index (χ3n) is 3.63. The van der Waals surface area contributed by atoms with Crippen LogP contribution in [0.15, 0.2) is 29.1 Å². The molecule has 2 N–H and O–H groups in total. The molecular formula is C15H15N3O2. The minimum Gasteiger partial charge on any atom is -0.310 e. The number of aryl methyl sites for hydroxylation is 2. The van der Waals surface area contributed by atoms with E-state index >= 15 is 0 Å². The van der Waals surface area contributed by atoms with Crippen molar-refractivity contribution in [2.24, 2.45) is 0 Å². The molecule has 0 aliphatic carbocycles. The molecule has 1 aliphatic heterocycles. The van der Waals surface area contributed by atoms with Crippen LogP contribution in [0.25, 0.3) is 0 Å². The maximum atomic E-state index is 12.2. The molecule has 1 aromatic carbocycles. The molecule has 1 aromatic heterocycles. The lowest BCUT2D eigenvalue weighted by Crippen LogP contribution is -2.31. The van der Waals surface area contributed by atoms with Gasteiger partial charge < -0.3 is 10.3 Å². The van der Waals surface area contributed by atoms with Crippen molar-refractivity contribution >= 4 is 11.7 Å². The van der Waals surface area contributed by atoms with Gasteiger partial charge in [0, 0.05) is 12.3 Å². The lowest BCUT2D eigenvalue weighted by Gasteiger charge is -2.25. The first-order valence-electron chi connectivity index (χ1n) is 6.52. The van der Waals surface area contributed by atoms with Gasteiger partial charge in [0.25, 0.3) is 5.56 Å². The summed E-state index contributed by atoms with van der Waals surface area (Å²) in [4.78, 5) is 31.1. The molecule has 102 valence electrons.